The molecule has 0 aliphatic heterocycles. The Hall–Kier alpha value is -6.20. The average Bonchev–Trinajstić information content (AvgIpc) is 3.82. The van der Waals surface area contributed by atoms with Gasteiger partial charge in [0.1, 0.15) is 11.8 Å². The van der Waals surface area contributed by atoms with Crippen LogP contribution >= 0.6 is 11.8 Å². The molecule has 0 spiro atoms. The number of esters is 1. The third-order valence-corrected chi connectivity index (χ3v) is 8.46. The molecule has 0 saturated carbocycles. The third kappa shape index (κ3) is 8.44. The van der Waals surface area contributed by atoms with E-state index in [0.29, 0.717) is 41.3 Å². The largest absolute Gasteiger partial charge is 0.467 e. The minimum Gasteiger partial charge on any atom is -0.467 e. The Morgan fingerprint density at radius 1 is 1.06 bits per heavy atom. The summed E-state index contributed by atoms with van der Waals surface area (Å²) in [4.78, 5) is 55.5. The fourth-order valence-electron chi connectivity index (χ4n) is 5.10. The highest BCUT2D eigenvalue weighted by atomic mass is 32.2. The Morgan fingerprint density at radius 3 is 2.42 bits per heavy atom. The fraction of sp³-hybridized carbons (Fsp3) is 0.194. The Morgan fingerprint density at radius 2 is 1.78 bits per heavy atom. The molecule has 5 rings (SSSR count). The number of thioether (sulfide) groups is 1. The van der Waals surface area contributed by atoms with E-state index < -0.39 is 28.7 Å². The van der Waals surface area contributed by atoms with Crippen molar-refractivity contribution >= 4 is 40.9 Å². The smallest absolute Gasteiger partial charge is 0.328 e. The number of ether oxygens (including phenoxy) is 1. The van der Waals surface area contributed by atoms with Gasteiger partial charge in [-0.15, -0.1) is 0 Å². The predicted molar refractivity (Wildman–Crippen MR) is 187 cm³/mol. The molecule has 1 N–H and O–H groups in total. The van der Waals surface area contributed by atoms with Gasteiger partial charge in [-0.05, 0) is 84.7 Å². The van der Waals surface area contributed by atoms with Gasteiger partial charge in [0, 0.05) is 41.7 Å². The first-order chi connectivity index (χ1) is 24.2. The van der Waals surface area contributed by atoms with Crippen LogP contribution in [0.2, 0.25) is 0 Å². The van der Waals surface area contributed by atoms with Crippen molar-refractivity contribution in [1.82, 2.24) is 14.9 Å². The molecule has 13 nitrogen and oxygen atoms in total. The number of hydrogen-bond acceptors (Lipinski definition) is 10. The van der Waals surface area contributed by atoms with Gasteiger partial charge in [-0.25, -0.2) is 9.78 Å². The van der Waals surface area contributed by atoms with Gasteiger partial charge < -0.3 is 23.9 Å². The highest BCUT2D eigenvalue weighted by Gasteiger charge is 2.24. The molecule has 5 aromatic rings. The van der Waals surface area contributed by atoms with Crippen LogP contribution in [0.4, 0.5) is 11.4 Å². The molecule has 1 atom stereocenters. The molecule has 0 bridgehead atoms. The lowest BCUT2D eigenvalue weighted by Gasteiger charge is -2.24. The van der Waals surface area contributed by atoms with Crippen molar-refractivity contribution in [2.24, 2.45) is 0 Å². The number of furan rings is 1. The zero-order valence-electron chi connectivity index (χ0n) is 27.1. The number of aromatic nitrogens is 2. The lowest BCUT2D eigenvalue weighted by molar-refractivity contribution is -0.384. The SMILES string of the molecule is COC(=O)[C@H](CCSC)NC(=O)c1ccc(-c2ccc(N(Cc3cncn3Cc3ccc(C#N)cc3)C(=O)c3ccc([N+](=O)[O-])cc3)cc2)o1. The lowest BCUT2D eigenvalue weighted by atomic mass is 10.1. The number of rotatable bonds is 14. The molecule has 0 radical (unpaired) electrons. The molecule has 2 amide bonds. The summed E-state index contributed by atoms with van der Waals surface area (Å²) in [6.07, 6.45) is 5.63. The number of amides is 2. The first-order valence-corrected chi connectivity index (χ1v) is 16.7. The van der Waals surface area contributed by atoms with E-state index in [2.05, 4.69) is 16.4 Å². The van der Waals surface area contributed by atoms with Gasteiger partial charge in [-0.1, -0.05) is 12.1 Å². The Labute approximate surface area is 291 Å². The molecule has 254 valence electrons. The minimum absolute atomic E-state index is 0.0210. The number of non-ortho nitro benzene ring substituents is 1. The zero-order valence-corrected chi connectivity index (χ0v) is 28.0. The van der Waals surface area contributed by atoms with E-state index in [1.54, 1.807) is 71.7 Å². The molecule has 0 aliphatic rings. The van der Waals surface area contributed by atoms with Crippen molar-refractivity contribution in [3.8, 4) is 17.4 Å². The Bertz CT molecular complexity index is 2020. The van der Waals surface area contributed by atoms with Crippen LogP contribution in [0.5, 0.6) is 0 Å². The molecule has 0 fully saturated rings. The summed E-state index contributed by atoms with van der Waals surface area (Å²) in [5.74, 6) is -0.417. The maximum Gasteiger partial charge on any atom is 0.328 e. The normalized spacial score (nSPS) is 11.3. The third-order valence-electron chi connectivity index (χ3n) is 7.82. The summed E-state index contributed by atoms with van der Waals surface area (Å²) >= 11 is 1.55. The van der Waals surface area contributed by atoms with E-state index in [-0.39, 0.29) is 23.6 Å². The molecular formula is C36H32N6O7S. The van der Waals surface area contributed by atoms with Gasteiger partial charge in [0.2, 0.25) is 0 Å². The van der Waals surface area contributed by atoms with E-state index in [0.717, 1.165) is 11.3 Å². The van der Waals surface area contributed by atoms with E-state index >= 15 is 0 Å². The number of hydrogen-bond donors (Lipinski definition) is 1. The number of nitro groups is 1. The standard InChI is InChI=1S/C36H32N6O7S/c1-48-36(45)31(17-18-50-2)39-34(43)33-16-15-32(49-33)26-7-11-28(12-8-26)41(35(44)27-9-13-29(14-10-27)42(46)47)22-30-20-38-23-40(30)21-25-5-3-24(19-37)4-6-25/h3-16,20,23,31H,17-18,21-22H2,1-2H3,(H,39,43)/t31-/m0/s1. The number of carbonyl (C=O) groups is 3. The molecule has 50 heavy (non-hydrogen) atoms. The summed E-state index contributed by atoms with van der Waals surface area (Å²) in [6, 6.07) is 24.0. The van der Waals surface area contributed by atoms with Crippen LogP contribution in [0.25, 0.3) is 11.3 Å². The van der Waals surface area contributed by atoms with Crippen molar-refractivity contribution in [1.29, 1.82) is 5.26 Å². The number of benzene rings is 3. The summed E-state index contributed by atoms with van der Waals surface area (Å²) in [7, 11) is 1.27. The highest BCUT2D eigenvalue weighted by molar-refractivity contribution is 7.98. The maximum absolute atomic E-state index is 13.9. The van der Waals surface area contributed by atoms with Crippen LogP contribution in [-0.2, 0) is 22.6 Å². The summed E-state index contributed by atoms with van der Waals surface area (Å²) in [5.41, 5.74) is 3.49. The van der Waals surface area contributed by atoms with Crippen LogP contribution in [0, 0.1) is 21.4 Å². The quantitative estimate of drug-likeness (QED) is 0.0846. The van der Waals surface area contributed by atoms with Crippen molar-refractivity contribution in [3.63, 3.8) is 0 Å². The first-order valence-electron chi connectivity index (χ1n) is 15.3. The Kier molecular flexibility index (Phi) is 11.4. The molecule has 0 unspecified atom stereocenters. The van der Waals surface area contributed by atoms with Crippen LogP contribution < -0.4 is 10.2 Å². The van der Waals surface area contributed by atoms with Crippen molar-refractivity contribution in [2.75, 3.05) is 24.0 Å². The summed E-state index contributed by atoms with van der Waals surface area (Å²) in [6.45, 7) is 0.570. The van der Waals surface area contributed by atoms with E-state index in [1.807, 2.05) is 23.0 Å². The van der Waals surface area contributed by atoms with Crippen molar-refractivity contribution < 1.29 is 28.5 Å². The number of imidazole rings is 1. The van der Waals surface area contributed by atoms with Crippen molar-refractivity contribution in [2.45, 2.75) is 25.6 Å². The van der Waals surface area contributed by atoms with Gasteiger partial charge in [0.05, 0.1) is 42.2 Å². The monoisotopic (exact) mass is 692 g/mol. The second-order valence-corrected chi connectivity index (χ2v) is 12.0. The molecule has 2 aromatic heterocycles. The first kappa shape index (κ1) is 35.1. The van der Waals surface area contributed by atoms with Crippen molar-refractivity contribution in [3.05, 3.63) is 136 Å². The predicted octanol–water partition coefficient (Wildman–Crippen LogP) is 5.84. The molecule has 2 heterocycles. The van der Waals surface area contributed by atoms with Crippen LogP contribution in [0.3, 0.4) is 0 Å². The highest BCUT2D eigenvalue weighted by Crippen LogP contribution is 2.28. The van der Waals surface area contributed by atoms with E-state index in [1.165, 1.54) is 37.4 Å². The number of carbonyl (C=O) groups excluding carboxylic acids is 3. The number of nitrogens with zero attached hydrogens (tertiary/aromatic N) is 5. The fourth-order valence-corrected chi connectivity index (χ4v) is 5.58. The number of anilines is 1. The molecule has 0 saturated heterocycles. The number of nitro benzene ring substituents is 1. The lowest BCUT2D eigenvalue weighted by Crippen LogP contribution is -2.41. The van der Waals surface area contributed by atoms with Gasteiger partial charge >= 0.3 is 5.97 Å². The molecule has 3 aromatic carbocycles. The molecule has 14 heteroatoms. The van der Waals surface area contributed by atoms with Crippen LogP contribution in [-0.4, -0.2) is 57.4 Å². The van der Waals surface area contributed by atoms with E-state index in [4.69, 9.17) is 14.4 Å². The van der Waals surface area contributed by atoms with Crippen LogP contribution in [0.15, 0.2) is 102 Å². The number of nitriles is 1. The Balaban J connectivity index is 1.39. The van der Waals surface area contributed by atoms with Gasteiger partial charge in [0.25, 0.3) is 17.5 Å². The number of methoxy groups -OCH3 is 1. The zero-order chi connectivity index (χ0) is 35.6. The summed E-state index contributed by atoms with van der Waals surface area (Å²) < 4.78 is 12.6. The number of nitrogens with one attached hydrogen (secondary N) is 1. The summed E-state index contributed by atoms with van der Waals surface area (Å²) in [5, 5.41) is 23.0. The molecular weight excluding hydrogens is 660 g/mol. The van der Waals surface area contributed by atoms with Gasteiger partial charge in [-0.3, -0.25) is 19.7 Å². The maximum atomic E-state index is 13.9. The van der Waals surface area contributed by atoms with Crippen LogP contribution in [0.1, 0.15) is 44.2 Å². The molecule has 0 aliphatic carbocycles. The van der Waals surface area contributed by atoms with Gasteiger partial charge in [-0.2, -0.15) is 17.0 Å². The minimum atomic E-state index is -0.813. The van der Waals surface area contributed by atoms with E-state index in [9.17, 15) is 24.5 Å². The second-order valence-electron chi connectivity index (χ2n) is 11.1. The van der Waals surface area contributed by atoms with Gasteiger partial charge in [0.15, 0.2) is 5.76 Å². The average molecular weight is 693 g/mol. The second kappa shape index (κ2) is 16.3. The topological polar surface area (TPSA) is 174 Å².